The minimum Gasteiger partial charge on any atom is -0.485 e. The molecule has 1 saturated carbocycles. The molecule has 0 heterocycles. The Balaban J connectivity index is 1.93. The third kappa shape index (κ3) is 5.33. The Kier molecular flexibility index (Phi) is 6.78. The third-order valence-corrected chi connectivity index (χ3v) is 4.22. The van der Waals surface area contributed by atoms with Crippen LogP contribution in [-0.2, 0) is 0 Å². The van der Waals surface area contributed by atoms with Gasteiger partial charge in [0.15, 0.2) is 0 Å². The normalized spacial score (nSPS) is 20.7. The number of benzene rings is 1. The molecule has 1 aliphatic carbocycles. The SMILES string of the molecule is CN(CC1CCCCC1O)C(=O)Nc1ccccc1OCC(F)F. The highest BCUT2D eigenvalue weighted by atomic mass is 19.3. The number of rotatable bonds is 6. The minimum absolute atomic E-state index is 0.0693. The molecule has 0 aliphatic heterocycles. The number of urea groups is 1. The van der Waals surface area contributed by atoms with E-state index >= 15 is 0 Å². The van der Waals surface area contributed by atoms with Gasteiger partial charge < -0.3 is 20.1 Å². The average Bonchev–Trinajstić information content (AvgIpc) is 2.56. The summed E-state index contributed by atoms with van der Waals surface area (Å²) in [5.74, 6) is 0.275. The molecule has 2 N–H and O–H groups in total. The van der Waals surface area contributed by atoms with Crippen LogP contribution < -0.4 is 10.1 Å². The van der Waals surface area contributed by atoms with Crippen LogP contribution in [0.2, 0.25) is 0 Å². The van der Waals surface area contributed by atoms with Crippen molar-refractivity contribution in [1.29, 1.82) is 0 Å². The first-order valence-electron chi connectivity index (χ1n) is 8.17. The van der Waals surface area contributed by atoms with E-state index in [1.807, 2.05) is 0 Å². The molecular formula is C17H24F2N2O3. The summed E-state index contributed by atoms with van der Waals surface area (Å²) in [5.41, 5.74) is 0.346. The van der Waals surface area contributed by atoms with E-state index in [0.29, 0.717) is 12.2 Å². The van der Waals surface area contributed by atoms with Gasteiger partial charge in [0.05, 0.1) is 11.8 Å². The summed E-state index contributed by atoms with van der Waals surface area (Å²) in [7, 11) is 1.65. The summed E-state index contributed by atoms with van der Waals surface area (Å²) in [6.07, 6.45) is 0.779. The van der Waals surface area contributed by atoms with Gasteiger partial charge in [-0.3, -0.25) is 0 Å². The minimum atomic E-state index is -2.58. The molecule has 0 radical (unpaired) electrons. The summed E-state index contributed by atoms with van der Waals surface area (Å²) < 4.78 is 29.6. The fourth-order valence-electron chi connectivity index (χ4n) is 2.89. The van der Waals surface area contributed by atoms with Gasteiger partial charge >= 0.3 is 6.03 Å². The third-order valence-electron chi connectivity index (χ3n) is 4.22. The second kappa shape index (κ2) is 8.82. The predicted molar refractivity (Wildman–Crippen MR) is 87.6 cm³/mol. The number of anilines is 1. The van der Waals surface area contributed by atoms with Gasteiger partial charge in [-0.25, -0.2) is 13.6 Å². The quantitative estimate of drug-likeness (QED) is 0.833. The number of aliphatic hydroxyl groups is 1. The monoisotopic (exact) mass is 342 g/mol. The molecular weight excluding hydrogens is 318 g/mol. The smallest absolute Gasteiger partial charge is 0.321 e. The number of nitrogens with zero attached hydrogens (tertiary/aromatic N) is 1. The zero-order valence-electron chi connectivity index (χ0n) is 13.8. The van der Waals surface area contributed by atoms with E-state index in [1.165, 1.54) is 11.0 Å². The first kappa shape index (κ1) is 18.4. The highest BCUT2D eigenvalue weighted by Gasteiger charge is 2.25. The molecule has 24 heavy (non-hydrogen) atoms. The largest absolute Gasteiger partial charge is 0.485 e. The van der Waals surface area contributed by atoms with Crippen LogP contribution in [0.1, 0.15) is 25.7 Å². The summed E-state index contributed by atoms with van der Waals surface area (Å²) in [6.45, 7) is -0.274. The lowest BCUT2D eigenvalue weighted by atomic mass is 9.86. The average molecular weight is 342 g/mol. The fraction of sp³-hybridized carbons (Fsp3) is 0.588. The van der Waals surface area contributed by atoms with Gasteiger partial charge in [0.25, 0.3) is 6.43 Å². The maximum atomic E-state index is 12.3. The van der Waals surface area contributed by atoms with Crippen LogP contribution in [0.5, 0.6) is 5.75 Å². The van der Waals surface area contributed by atoms with E-state index in [-0.39, 0.29) is 23.8 Å². The highest BCUT2D eigenvalue weighted by Crippen LogP contribution is 2.26. The zero-order chi connectivity index (χ0) is 17.5. The number of nitrogens with one attached hydrogen (secondary N) is 1. The Morgan fingerprint density at radius 1 is 1.38 bits per heavy atom. The topological polar surface area (TPSA) is 61.8 Å². The van der Waals surface area contributed by atoms with Crippen LogP contribution in [0.4, 0.5) is 19.3 Å². The lowest BCUT2D eigenvalue weighted by molar-refractivity contribution is 0.0575. The first-order chi connectivity index (χ1) is 11.5. The highest BCUT2D eigenvalue weighted by molar-refractivity contribution is 5.90. The molecule has 0 aromatic heterocycles. The van der Waals surface area contributed by atoms with Gasteiger partial charge in [-0.15, -0.1) is 0 Å². The molecule has 2 atom stereocenters. The molecule has 2 amide bonds. The van der Waals surface area contributed by atoms with Crippen LogP contribution in [0, 0.1) is 5.92 Å². The van der Waals surface area contributed by atoms with Gasteiger partial charge in [-0.2, -0.15) is 0 Å². The molecule has 1 fully saturated rings. The molecule has 1 aliphatic rings. The first-order valence-corrected chi connectivity index (χ1v) is 8.17. The molecule has 1 aromatic rings. The van der Waals surface area contributed by atoms with Gasteiger partial charge in [-0.05, 0) is 25.0 Å². The van der Waals surface area contributed by atoms with E-state index in [4.69, 9.17) is 4.74 Å². The fourth-order valence-corrected chi connectivity index (χ4v) is 2.89. The van der Waals surface area contributed by atoms with Crippen LogP contribution in [-0.4, -0.2) is 48.8 Å². The summed E-state index contributed by atoms with van der Waals surface area (Å²) >= 11 is 0. The molecule has 2 unspecified atom stereocenters. The van der Waals surface area contributed by atoms with Gasteiger partial charge in [0.1, 0.15) is 12.4 Å². The molecule has 2 rings (SSSR count). The number of carbonyl (C=O) groups is 1. The molecule has 134 valence electrons. The second-order valence-electron chi connectivity index (χ2n) is 6.12. The van der Waals surface area contributed by atoms with Crippen molar-refractivity contribution in [2.45, 2.75) is 38.2 Å². The molecule has 1 aromatic carbocycles. The van der Waals surface area contributed by atoms with E-state index in [1.54, 1.807) is 25.2 Å². The number of hydrogen-bond acceptors (Lipinski definition) is 3. The van der Waals surface area contributed by atoms with Crippen LogP contribution in [0.15, 0.2) is 24.3 Å². The second-order valence-corrected chi connectivity index (χ2v) is 6.12. The van der Waals surface area contributed by atoms with E-state index in [2.05, 4.69) is 5.32 Å². The number of ether oxygens (including phenoxy) is 1. The number of para-hydroxylation sites is 2. The summed E-state index contributed by atoms with van der Waals surface area (Å²) in [5, 5.41) is 12.7. The Bertz CT molecular complexity index is 542. The zero-order valence-corrected chi connectivity index (χ0v) is 13.8. The van der Waals surface area contributed by atoms with Crippen molar-refractivity contribution < 1.29 is 23.4 Å². The van der Waals surface area contributed by atoms with Crippen LogP contribution in [0.3, 0.4) is 0 Å². The van der Waals surface area contributed by atoms with E-state index in [9.17, 15) is 18.7 Å². The van der Waals surface area contributed by atoms with Crippen molar-refractivity contribution in [2.75, 3.05) is 25.5 Å². The number of amides is 2. The summed E-state index contributed by atoms with van der Waals surface area (Å²) in [4.78, 5) is 13.8. The molecule has 5 nitrogen and oxygen atoms in total. The van der Waals surface area contributed by atoms with Crippen molar-refractivity contribution in [2.24, 2.45) is 5.92 Å². The Morgan fingerprint density at radius 3 is 2.79 bits per heavy atom. The molecule has 0 spiro atoms. The van der Waals surface area contributed by atoms with E-state index in [0.717, 1.165) is 25.7 Å². The maximum absolute atomic E-state index is 12.3. The van der Waals surface area contributed by atoms with Crippen molar-refractivity contribution in [3.63, 3.8) is 0 Å². The Labute approximate surface area is 140 Å². The number of hydrogen-bond donors (Lipinski definition) is 2. The predicted octanol–water partition coefficient (Wildman–Crippen LogP) is 3.35. The van der Waals surface area contributed by atoms with Gasteiger partial charge in [0, 0.05) is 19.5 Å². The number of alkyl halides is 2. The maximum Gasteiger partial charge on any atom is 0.321 e. The van der Waals surface area contributed by atoms with Crippen molar-refractivity contribution in [3.8, 4) is 5.75 Å². The van der Waals surface area contributed by atoms with Gasteiger partial charge in [0.2, 0.25) is 0 Å². The molecule has 0 bridgehead atoms. The number of aliphatic hydroxyl groups excluding tert-OH is 1. The van der Waals surface area contributed by atoms with Crippen molar-refractivity contribution in [1.82, 2.24) is 4.90 Å². The van der Waals surface area contributed by atoms with E-state index < -0.39 is 13.0 Å². The van der Waals surface area contributed by atoms with Gasteiger partial charge in [-0.1, -0.05) is 25.0 Å². The van der Waals surface area contributed by atoms with Crippen LogP contribution >= 0.6 is 0 Å². The Morgan fingerprint density at radius 2 is 2.08 bits per heavy atom. The standard InChI is InChI=1S/C17H24F2N2O3/c1-21(10-12-6-2-4-8-14(12)22)17(23)20-13-7-3-5-9-15(13)24-11-16(18)19/h3,5,7,9,12,14,16,22H,2,4,6,8,10-11H2,1H3,(H,20,23). The van der Waals surface area contributed by atoms with Crippen molar-refractivity contribution in [3.05, 3.63) is 24.3 Å². The molecule has 7 heteroatoms. The lowest BCUT2D eigenvalue weighted by Crippen LogP contribution is -2.40. The number of halogens is 2. The molecule has 0 saturated heterocycles. The lowest BCUT2D eigenvalue weighted by Gasteiger charge is -2.31. The van der Waals surface area contributed by atoms with Crippen molar-refractivity contribution >= 4 is 11.7 Å². The summed E-state index contributed by atoms with van der Waals surface area (Å²) in [6, 6.07) is 6.11. The van der Waals surface area contributed by atoms with Crippen LogP contribution in [0.25, 0.3) is 0 Å². The number of carbonyl (C=O) groups excluding carboxylic acids is 1. The Hall–Kier alpha value is -1.89.